The van der Waals surface area contributed by atoms with Gasteiger partial charge in [-0.3, -0.25) is 9.59 Å². The number of hydrogen-bond donors (Lipinski definition) is 2. The molecule has 2 N–H and O–H groups in total. The summed E-state index contributed by atoms with van der Waals surface area (Å²) in [6.07, 6.45) is 1.07. The van der Waals surface area contributed by atoms with Gasteiger partial charge in [-0.15, -0.1) is 0 Å². The van der Waals surface area contributed by atoms with E-state index in [4.69, 9.17) is 4.74 Å². The van der Waals surface area contributed by atoms with Crippen LogP contribution in [0.1, 0.15) is 33.9 Å². The molecule has 4 rings (SSSR count). The van der Waals surface area contributed by atoms with Crippen LogP contribution in [0.2, 0.25) is 0 Å². The molecule has 0 spiro atoms. The molecule has 23 heavy (non-hydrogen) atoms. The van der Waals surface area contributed by atoms with Crippen LogP contribution < -0.4 is 15.4 Å². The van der Waals surface area contributed by atoms with Crippen LogP contribution in [0.15, 0.2) is 42.5 Å². The fourth-order valence-corrected chi connectivity index (χ4v) is 3.11. The molecule has 116 valence electrons. The van der Waals surface area contributed by atoms with Crippen molar-refractivity contribution in [2.75, 3.05) is 11.9 Å². The first-order valence-corrected chi connectivity index (χ1v) is 7.66. The summed E-state index contributed by atoms with van der Waals surface area (Å²) in [5.41, 5.74) is 3.35. The van der Waals surface area contributed by atoms with Crippen LogP contribution in [0.3, 0.4) is 0 Å². The van der Waals surface area contributed by atoms with E-state index in [0.29, 0.717) is 12.2 Å². The zero-order chi connectivity index (χ0) is 15.8. The first kappa shape index (κ1) is 13.8. The Morgan fingerprint density at radius 2 is 2.09 bits per heavy atom. The molecule has 0 radical (unpaired) electrons. The van der Waals surface area contributed by atoms with Crippen LogP contribution in [0.5, 0.6) is 5.75 Å². The maximum atomic E-state index is 12.5. The molecule has 2 aromatic carbocycles. The summed E-state index contributed by atoms with van der Waals surface area (Å²) in [5, 5.41) is 5.80. The van der Waals surface area contributed by atoms with Gasteiger partial charge in [0.05, 0.1) is 19.1 Å². The van der Waals surface area contributed by atoms with E-state index in [2.05, 4.69) is 10.6 Å². The number of amides is 2. The van der Waals surface area contributed by atoms with Gasteiger partial charge in [0.15, 0.2) is 0 Å². The molecular formula is C18H16N2O3. The Morgan fingerprint density at radius 1 is 1.22 bits per heavy atom. The van der Waals surface area contributed by atoms with Gasteiger partial charge in [0, 0.05) is 17.7 Å². The van der Waals surface area contributed by atoms with Gasteiger partial charge < -0.3 is 15.4 Å². The SMILES string of the molecule is O=C1C[C@@H](NC(=O)c2ccc3c(c2)CCO3)c2ccccc2N1. The molecule has 2 amide bonds. The van der Waals surface area contributed by atoms with E-state index in [0.717, 1.165) is 29.0 Å². The molecule has 2 aromatic rings. The van der Waals surface area contributed by atoms with Crippen molar-refractivity contribution in [3.63, 3.8) is 0 Å². The molecule has 0 unspecified atom stereocenters. The first-order chi connectivity index (χ1) is 11.2. The van der Waals surface area contributed by atoms with E-state index in [1.54, 1.807) is 6.07 Å². The number of nitrogens with one attached hydrogen (secondary N) is 2. The van der Waals surface area contributed by atoms with Gasteiger partial charge in [-0.2, -0.15) is 0 Å². The monoisotopic (exact) mass is 308 g/mol. The quantitative estimate of drug-likeness (QED) is 0.895. The van der Waals surface area contributed by atoms with Crippen molar-refractivity contribution in [2.45, 2.75) is 18.9 Å². The number of benzene rings is 2. The summed E-state index contributed by atoms with van der Waals surface area (Å²) in [7, 11) is 0. The molecule has 0 aliphatic carbocycles. The molecule has 2 aliphatic rings. The molecule has 1 atom stereocenters. The maximum absolute atomic E-state index is 12.5. The molecule has 0 aromatic heterocycles. The van der Waals surface area contributed by atoms with Crippen LogP contribution >= 0.6 is 0 Å². The zero-order valence-corrected chi connectivity index (χ0v) is 12.5. The van der Waals surface area contributed by atoms with Gasteiger partial charge >= 0.3 is 0 Å². The molecule has 0 bridgehead atoms. The summed E-state index contributed by atoms with van der Waals surface area (Å²) in [4.78, 5) is 24.4. The Labute approximate surface area is 133 Å². The highest BCUT2D eigenvalue weighted by Gasteiger charge is 2.26. The van der Waals surface area contributed by atoms with Crippen LogP contribution in [0, 0.1) is 0 Å². The lowest BCUT2D eigenvalue weighted by atomic mass is 9.97. The van der Waals surface area contributed by atoms with Gasteiger partial charge in [-0.25, -0.2) is 0 Å². The van der Waals surface area contributed by atoms with Crippen LogP contribution in [-0.2, 0) is 11.2 Å². The number of hydrogen-bond acceptors (Lipinski definition) is 3. The van der Waals surface area contributed by atoms with E-state index >= 15 is 0 Å². The molecule has 0 saturated carbocycles. The third kappa shape index (κ3) is 2.54. The minimum Gasteiger partial charge on any atom is -0.493 e. The van der Waals surface area contributed by atoms with Crippen molar-refractivity contribution in [1.82, 2.24) is 5.32 Å². The molecule has 5 nitrogen and oxygen atoms in total. The first-order valence-electron chi connectivity index (χ1n) is 7.66. The van der Waals surface area contributed by atoms with Crippen molar-refractivity contribution in [3.05, 3.63) is 59.2 Å². The predicted octanol–water partition coefficient (Wildman–Crippen LogP) is 2.43. The second kappa shape index (κ2) is 5.43. The smallest absolute Gasteiger partial charge is 0.251 e. The summed E-state index contributed by atoms with van der Waals surface area (Å²) in [5.74, 6) is 0.592. The maximum Gasteiger partial charge on any atom is 0.251 e. The summed E-state index contributed by atoms with van der Waals surface area (Å²) in [6.45, 7) is 0.663. The Balaban J connectivity index is 1.58. The highest BCUT2D eigenvalue weighted by atomic mass is 16.5. The number of ether oxygens (including phenoxy) is 1. The lowest BCUT2D eigenvalue weighted by molar-refractivity contribution is -0.116. The van der Waals surface area contributed by atoms with Gasteiger partial charge in [-0.05, 0) is 35.4 Å². The highest BCUT2D eigenvalue weighted by molar-refractivity contribution is 5.98. The van der Waals surface area contributed by atoms with Gasteiger partial charge in [-0.1, -0.05) is 18.2 Å². The molecule has 0 fully saturated rings. The third-order valence-electron chi connectivity index (χ3n) is 4.26. The lowest BCUT2D eigenvalue weighted by Gasteiger charge is -2.26. The van der Waals surface area contributed by atoms with Crippen molar-refractivity contribution in [3.8, 4) is 5.75 Å². The number of carbonyl (C=O) groups is 2. The average molecular weight is 308 g/mol. The Bertz CT molecular complexity index is 801. The minimum absolute atomic E-state index is 0.0867. The molecule has 0 saturated heterocycles. The summed E-state index contributed by atoms with van der Waals surface area (Å²) < 4.78 is 5.46. The van der Waals surface area contributed by atoms with Crippen LogP contribution in [0.4, 0.5) is 5.69 Å². The molecule has 5 heteroatoms. The summed E-state index contributed by atoms with van der Waals surface area (Å²) in [6, 6.07) is 12.7. The third-order valence-corrected chi connectivity index (χ3v) is 4.26. The second-order valence-corrected chi connectivity index (χ2v) is 5.79. The molecule has 2 aliphatic heterocycles. The second-order valence-electron chi connectivity index (χ2n) is 5.79. The highest BCUT2D eigenvalue weighted by Crippen LogP contribution is 2.31. The van der Waals surface area contributed by atoms with Crippen molar-refractivity contribution >= 4 is 17.5 Å². The Hall–Kier alpha value is -2.82. The van der Waals surface area contributed by atoms with Crippen LogP contribution in [-0.4, -0.2) is 18.4 Å². The van der Waals surface area contributed by atoms with Gasteiger partial charge in [0.2, 0.25) is 5.91 Å². The standard InChI is InChI=1S/C18H16N2O3/c21-17-10-15(13-3-1-2-4-14(13)19-17)20-18(22)12-5-6-16-11(9-12)7-8-23-16/h1-6,9,15H,7-8,10H2,(H,19,21)(H,20,22)/t15-/m1/s1. The lowest BCUT2D eigenvalue weighted by Crippen LogP contribution is -2.35. The fraction of sp³-hybridized carbons (Fsp3) is 0.222. The molecular weight excluding hydrogens is 292 g/mol. The number of carbonyl (C=O) groups excluding carboxylic acids is 2. The predicted molar refractivity (Wildman–Crippen MR) is 85.5 cm³/mol. The number of rotatable bonds is 2. The topological polar surface area (TPSA) is 67.4 Å². The Morgan fingerprint density at radius 3 is 3.00 bits per heavy atom. The van der Waals surface area contributed by atoms with E-state index in [9.17, 15) is 9.59 Å². The largest absolute Gasteiger partial charge is 0.493 e. The number of para-hydroxylation sites is 1. The van der Waals surface area contributed by atoms with E-state index < -0.39 is 0 Å². The van der Waals surface area contributed by atoms with E-state index in [1.165, 1.54) is 0 Å². The van der Waals surface area contributed by atoms with E-state index in [-0.39, 0.29) is 24.3 Å². The van der Waals surface area contributed by atoms with Crippen molar-refractivity contribution in [1.29, 1.82) is 0 Å². The molecule has 2 heterocycles. The zero-order valence-electron chi connectivity index (χ0n) is 12.5. The van der Waals surface area contributed by atoms with E-state index in [1.807, 2.05) is 36.4 Å². The average Bonchev–Trinajstić information content (AvgIpc) is 3.02. The summed E-state index contributed by atoms with van der Waals surface area (Å²) >= 11 is 0. The minimum atomic E-state index is -0.308. The number of anilines is 1. The van der Waals surface area contributed by atoms with Crippen LogP contribution in [0.25, 0.3) is 0 Å². The van der Waals surface area contributed by atoms with Gasteiger partial charge in [0.1, 0.15) is 5.75 Å². The number of fused-ring (bicyclic) bond motifs is 2. The van der Waals surface area contributed by atoms with Crippen molar-refractivity contribution < 1.29 is 14.3 Å². The Kier molecular flexibility index (Phi) is 3.26. The fourth-order valence-electron chi connectivity index (χ4n) is 3.11. The van der Waals surface area contributed by atoms with Gasteiger partial charge in [0.25, 0.3) is 5.91 Å². The normalized spacial score (nSPS) is 18.4. The van der Waals surface area contributed by atoms with Crippen molar-refractivity contribution in [2.24, 2.45) is 0 Å².